The van der Waals surface area contributed by atoms with Crippen LogP contribution in [0.4, 0.5) is 28.0 Å². The smallest absolute Gasteiger partial charge is 0.430 e. The van der Waals surface area contributed by atoms with E-state index in [1.165, 1.54) is 25.0 Å². The number of nitrogens with one attached hydrogen (secondary N) is 1. The summed E-state index contributed by atoms with van der Waals surface area (Å²) in [6.45, 7) is 0.403. The molecule has 2 bridgehead atoms. The largest absolute Gasteiger partial charge is 0.542 e. The summed E-state index contributed by atoms with van der Waals surface area (Å²) in [7, 11) is 4.63. The number of amides is 1. The quantitative estimate of drug-likeness (QED) is 0.445. The first kappa shape index (κ1) is 27.7. The summed E-state index contributed by atoms with van der Waals surface area (Å²) in [6, 6.07) is 12.9. The fourth-order valence-corrected chi connectivity index (χ4v) is 5.19. The van der Waals surface area contributed by atoms with Gasteiger partial charge in [-0.3, -0.25) is 5.32 Å². The van der Waals surface area contributed by atoms with Gasteiger partial charge in [0, 0.05) is 42.2 Å². The molecule has 2 aliphatic rings. The topological polar surface area (TPSA) is 78.5 Å². The van der Waals surface area contributed by atoms with Crippen molar-refractivity contribution in [3.05, 3.63) is 53.3 Å². The second kappa shape index (κ2) is 11.0. The Balaban J connectivity index is 0.000000454. The van der Waals surface area contributed by atoms with Crippen molar-refractivity contribution in [1.29, 1.82) is 0 Å². The number of carbonyl (C=O) groups is 2. The van der Waals surface area contributed by atoms with Gasteiger partial charge in [0.05, 0.1) is 38.5 Å². The molecular formula is C25H27ClF4N2O4. The van der Waals surface area contributed by atoms with Crippen molar-refractivity contribution in [3.8, 4) is 11.1 Å². The van der Waals surface area contributed by atoms with E-state index in [2.05, 4.69) is 19.4 Å². The van der Waals surface area contributed by atoms with Crippen LogP contribution in [0.1, 0.15) is 25.7 Å². The molecule has 11 heteroatoms. The third kappa shape index (κ3) is 6.88. The highest BCUT2D eigenvalue weighted by Crippen LogP contribution is 2.42. The Morgan fingerprint density at radius 2 is 1.72 bits per heavy atom. The average molecular weight is 531 g/mol. The third-order valence-corrected chi connectivity index (χ3v) is 7.20. The van der Waals surface area contributed by atoms with Gasteiger partial charge in [-0.15, -0.1) is 0 Å². The monoisotopic (exact) mass is 530 g/mol. The van der Waals surface area contributed by atoms with Crippen LogP contribution < -0.4 is 10.4 Å². The van der Waals surface area contributed by atoms with Crippen molar-refractivity contribution in [1.82, 2.24) is 0 Å². The predicted molar refractivity (Wildman–Crippen MR) is 125 cm³/mol. The number of ether oxygens (including phenoxy) is 1. The van der Waals surface area contributed by atoms with Gasteiger partial charge >= 0.3 is 12.3 Å². The summed E-state index contributed by atoms with van der Waals surface area (Å²) in [5.41, 5.74) is 1.87. The van der Waals surface area contributed by atoms with Gasteiger partial charge in [-0.25, -0.2) is 9.18 Å². The molecule has 2 atom stereocenters. The van der Waals surface area contributed by atoms with Gasteiger partial charge in [0.15, 0.2) is 0 Å². The molecule has 2 aromatic rings. The molecule has 4 rings (SSSR count). The second-order valence-electron chi connectivity index (χ2n) is 9.56. The highest BCUT2D eigenvalue weighted by atomic mass is 35.5. The van der Waals surface area contributed by atoms with Crippen LogP contribution in [0.5, 0.6) is 0 Å². The number of nitrogens with zero attached hydrogens (tertiary/aromatic N) is 1. The molecule has 1 N–H and O–H groups in total. The summed E-state index contributed by atoms with van der Waals surface area (Å²) in [5, 5.41) is 12.1. The number of aliphatic carboxylic acids is 1. The fraction of sp³-hybridized carbons (Fsp3) is 0.440. The highest BCUT2D eigenvalue weighted by molar-refractivity contribution is 6.30. The molecule has 2 heterocycles. The molecule has 0 spiro atoms. The molecule has 0 aliphatic carbocycles. The molecule has 0 aromatic heterocycles. The van der Waals surface area contributed by atoms with E-state index in [1.807, 2.05) is 12.1 Å². The number of halogens is 5. The number of hydrogen-bond acceptors (Lipinski definition) is 4. The zero-order chi connectivity index (χ0) is 26.7. The van der Waals surface area contributed by atoms with Crippen molar-refractivity contribution >= 4 is 29.4 Å². The molecule has 0 radical (unpaired) electrons. The molecule has 6 nitrogen and oxygen atoms in total. The van der Waals surface area contributed by atoms with Crippen molar-refractivity contribution in [2.75, 3.05) is 26.0 Å². The maximum absolute atomic E-state index is 13.8. The molecule has 2 saturated heterocycles. The van der Waals surface area contributed by atoms with E-state index in [1.54, 1.807) is 18.2 Å². The van der Waals surface area contributed by atoms with E-state index < -0.39 is 24.1 Å². The van der Waals surface area contributed by atoms with Crippen LogP contribution in [0.3, 0.4) is 0 Å². The summed E-state index contributed by atoms with van der Waals surface area (Å²) < 4.78 is 52.0. The maximum Gasteiger partial charge on any atom is 0.430 e. The predicted octanol–water partition coefficient (Wildman–Crippen LogP) is 5.01. The number of benzene rings is 2. The van der Waals surface area contributed by atoms with Crippen molar-refractivity contribution < 1.29 is 41.5 Å². The molecule has 2 unspecified atom stereocenters. The lowest BCUT2D eigenvalue weighted by atomic mass is 9.90. The van der Waals surface area contributed by atoms with Gasteiger partial charge < -0.3 is 19.1 Å². The number of quaternary nitrogens is 1. The number of carbonyl (C=O) groups excluding carboxylic acids is 2. The molecular weight excluding hydrogens is 504 g/mol. The Kier molecular flexibility index (Phi) is 8.51. The highest BCUT2D eigenvalue weighted by Gasteiger charge is 2.48. The molecule has 0 saturated carbocycles. The Hall–Kier alpha value is -2.85. The molecule has 2 aliphatic heterocycles. The fourth-order valence-electron chi connectivity index (χ4n) is 5.00. The number of piperidine rings is 1. The minimum absolute atomic E-state index is 0.374. The summed E-state index contributed by atoms with van der Waals surface area (Å²) in [6.07, 6.45) is -1.06. The average Bonchev–Trinajstić information content (AvgIpc) is 2.94. The summed E-state index contributed by atoms with van der Waals surface area (Å²) >= 11 is 6.08. The van der Waals surface area contributed by atoms with Crippen LogP contribution in [-0.4, -0.2) is 55.5 Å². The van der Waals surface area contributed by atoms with Crippen LogP contribution in [0.15, 0.2) is 42.5 Å². The summed E-state index contributed by atoms with van der Waals surface area (Å²) in [4.78, 5) is 21.2. The normalized spacial score (nSPS) is 22.2. The van der Waals surface area contributed by atoms with E-state index in [0.717, 1.165) is 22.9 Å². The van der Waals surface area contributed by atoms with E-state index in [9.17, 15) is 22.4 Å². The van der Waals surface area contributed by atoms with Crippen LogP contribution in [0.25, 0.3) is 11.1 Å². The van der Waals surface area contributed by atoms with Crippen molar-refractivity contribution in [2.24, 2.45) is 5.92 Å². The first-order valence-electron chi connectivity index (χ1n) is 11.4. The Bertz CT molecular complexity index is 1090. The molecule has 196 valence electrons. The number of rotatable bonds is 4. The van der Waals surface area contributed by atoms with Crippen molar-refractivity contribution in [3.63, 3.8) is 0 Å². The number of carboxylic acid groups (broad SMARTS) is 1. The second-order valence-corrected chi connectivity index (χ2v) is 10.00. The number of fused-ring (bicyclic) bond motifs is 2. The van der Waals surface area contributed by atoms with Gasteiger partial charge in [0.2, 0.25) is 0 Å². The minimum atomic E-state index is -5.19. The number of alkyl halides is 3. The van der Waals surface area contributed by atoms with Crippen LogP contribution >= 0.6 is 11.6 Å². The van der Waals surface area contributed by atoms with E-state index >= 15 is 0 Å². The van der Waals surface area contributed by atoms with Crippen molar-refractivity contribution in [2.45, 2.75) is 43.9 Å². The van der Waals surface area contributed by atoms with E-state index in [-0.39, 0.29) is 0 Å². The first-order valence-corrected chi connectivity index (χ1v) is 11.8. The number of carboxylic acids is 1. The number of anilines is 1. The summed E-state index contributed by atoms with van der Waals surface area (Å²) in [5.74, 6) is -3.04. The maximum atomic E-state index is 13.8. The zero-order valence-electron chi connectivity index (χ0n) is 19.8. The lowest BCUT2D eigenvalue weighted by Gasteiger charge is -2.44. The Morgan fingerprint density at radius 3 is 2.28 bits per heavy atom. The minimum Gasteiger partial charge on any atom is -0.542 e. The standard InChI is InChI=1S/C23H26ClFN2O2.C2HF3O2/c1-27(2)19-7-8-20(27)11-15(10-19)14-29-23(28)26-22-13-18(25)6-9-21(22)16-4-3-5-17(24)12-16;3-2(4,5)1(6)7/h3-6,9,12-13,15,19-20H,7-8,10-11,14H2,1-2H3;(H,6,7). The van der Waals surface area contributed by atoms with Gasteiger partial charge in [-0.1, -0.05) is 23.7 Å². The SMILES string of the molecule is C[N+]1(C)C2CCC1CC(COC(=O)Nc1cc(F)ccc1-c1cccc(Cl)c1)C2.O=C([O-])C(F)(F)F. The number of hydrogen-bond donors (Lipinski definition) is 1. The third-order valence-electron chi connectivity index (χ3n) is 6.96. The van der Waals surface area contributed by atoms with Gasteiger partial charge in [0.1, 0.15) is 11.8 Å². The van der Waals surface area contributed by atoms with Crippen LogP contribution in [-0.2, 0) is 9.53 Å². The van der Waals surface area contributed by atoms with E-state index in [4.69, 9.17) is 26.2 Å². The molecule has 2 aromatic carbocycles. The van der Waals surface area contributed by atoms with Gasteiger partial charge in [0.25, 0.3) is 0 Å². The molecule has 2 fully saturated rings. The lowest BCUT2D eigenvalue weighted by molar-refractivity contribution is -0.931. The van der Waals surface area contributed by atoms with E-state index in [0.29, 0.717) is 40.9 Å². The zero-order valence-corrected chi connectivity index (χ0v) is 20.5. The van der Waals surface area contributed by atoms with Gasteiger partial charge in [-0.2, -0.15) is 13.2 Å². The first-order chi connectivity index (χ1) is 16.8. The van der Waals surface area contributed by atoms with Gasteiger partial charge in [-0.05, 0) is 35.9 Å². The Labute approximate surface area is 211 Å². The molecule has 1 amide bonds. The van der Waals surface area contributed by atoms with Crippen LogP contribution in [0.2, 0.25) is 5.02 Å². The lowest BCUT2D eigenvalue weighted by Crippen LogP contribution is -2.55. The Morgan fingerprint density at radius 1 is 1.11 bits per heavy atom. The van der Waals surface area contributed by atoms with Crippen LogP contribution in [0, 0.1) is 11.7 Å². The molecule has 36 heavy (non-hydrogen) atoms.